The zero-order chi connectivity index (χ0) is 22.9. The molecule has 0 atom stereocenters. The minimum atomic E-state index is -1.26. The Labute approximate surface area is 188 Å². The second-order valence-corrected chi connectivity index (χ2v) is 7.85. The molecule has 6 nitrogen and oxygen atoms in total. The van der Waals surface area contributed by atoms with Crippen LogP contribution in [0.25, 0.3) is 16.7 Å². The van der Waals surface area contributed by atoms with E-state index in [0.29, 0.717) is 12.2 Å². The Morgan fingerprint density at radius 2 is 1.56 bits per heavy atom. The van der Waals surface area contributed by atoms with Gasteiger partial charge in [-0.3, -0.25) is 4.90 Å². The lowest BCUT2D eigenvalue weighted by atomic mass is 9.94. The third-order valence-corrected chi connectivity index (χ3v) is 5.69. The highest BCUT2D eigenvalue weighted by molar-refractivity contribution is 5.89. The molecular weight excluding hydrogens is 406 g/mol. The third kappa shape index (κ3) is 6.39. The van der Waals surface area contributed by atoms with Crippen molar-refractivity contribution in [2.24, 2.45) is 0 Å². The van der Waals surface area contributed by atoms with Crippen molar-refractivity contribution in [2.75, 3.05) is 32.8 Å². The summed E-state index contributed by atoms with van der Waals surface area (Å²) in [6.07, 6.45) is 3.36. The van der Waals surface area contributed by atoms with Crippen LogP contribution in [0.15, 0.2) is 66.3 Å². The van der Waals surface area contributed by atoms with Gasteiger partial charge in [-0.2, -0.15) is 0 Å². The highest BCUT2D eigenvalue weighted by atomic mass is 16.5. The van der Waals surface area contributed by atoms with E-state index >= 15 is 0 Å². The predicted octanol–water partition coefficient (Wildman–Crippen LogP) is 4.12. The molecule has 0 amide bonds. The molecule has 2 aliphatic rings. The monoisotopic (exact) mass is 435 g/mol. The normalized spacial score (nSPS) is 15.9. The van der Waals surface area contributed by atoms with Crippen molar-refractivity contribution in [1.29, 1.82) is 0 Å². The zero-order valence-electron chi connectivity index (χ0n) is 18.3. The van der Waals surface area contributed by atoms with Gasteiger partial charge in [0, 0.05) is 31.8 Å². The summed E-state index contributed by atoms with van der Waals surface area (Å²) < 4.78 is 5.46. The van der Waals surface area contributed by atoms with Gasteiger partial charge in [0.15, 0.2) is 0 Å². The number of carbonyl (C=O) groups is 2. The van der Waals surface area contributed by atoms with E-state index in [4.69, 9.17) is 14.9 Å². The molecule has 1 saturated heterocycles. The van der Waals surface area contributed by atoms with Crippen LogP contribution in [0.4, 0.5) is 0 Å². The van der Waals surface area contributed by atoms with E-state index in [1.807, 2.05) is 0 Å². The van der Waals surface area contributed by atoms with Gasteiger partial charge >= 0.3 is 11.9 Å². The van der Waals surface area contributed by atoms with Crippen LogP contribution in [0.2, 0.25) is 0 Å². The number of hydrogen-bond donors (Lipinski definition) is 2. The number of fused-ring (bicyclic) bond motifs is 1. The molecule has 32 heavy (non-hydrogen) atoms. The molecule has 0 bridgehead atoms. The summed E-state index contributed by atoms with van der Waals surface area (Å²) in [5, 5.41) is 15.6. The van der Waals surface area contributed by atoms with Crippen molar-refractivity contribution >= 4 is 17.5 Å². The molecule has 2 N–H and O–H groups in total. The number of allylic oxidation sites excluding steroid dienone is 1. The number of nitrogens with zero attached hydrogens (tertiary/aromatic N) is 1. The molecule has 4 rings (SSSR count). The van der Waals surface area contributed by atoms with E-state index in [-0.39, 0.29) is 0 Å². The molecule has 168 valence electrons. The number of ether oxygens (including phenoxy) is 1. The average molecular weight is 436 g/mol. The second kappa shape index (κ2) is 11.4. The molecule has 0 aromatic heterocycles. The fourth-order valence-corrected chi connectivity index (χ4v) is 4.14. The van der Waals surface area contributed by atoms with Gasteiger partial charge in [0.1, 0.15) is 0 Å². The van der Waals surface area contributed by atoms with Crippen molar-refractivity contribution in [2.45, 2.75) is 19.8 Å². The lowest BCUT2D eigenvalue weighted by molar-refractivity contribution is -0.134. The molecule has 1 heterocycles. The van der Waals surface area contributed by atoms with Crippen LogP contribution in [-0.4, -0.2) is 59.9 Å². The topological polar surface area (TPSA) is 87.1 Å². The Hall–Kier alpha value is -3.22. The summed E-state index contributed by atoms with van der Waals surface area (Å²) in [5.41, 5.74) is 8.82. The quantitative estimate of drug-likeness (QED) is 0.664. The average Bonchev–Trinajstić information content (AvgIpc) is 3.13. The first kappa shape index (κ1) is 23.4. The fourth-order valence-electron chi connectivity index (χ4n) is 4.14. The summed E-state index contributed by atoms with van der Waals surface area (Å²) in [5.74, 6) is -2.51. The number of aliphatic carboxylic acids is 2. The molecule has 0 spiro atoms. The number of benzene rings is 2. The Morgan fingerprint density at radius 3 is 2.19 bits per heavy atom. The standard InChI is InChI=1S/C22H25NO.C4H4O4/c1-17-16-22-20(18-6-3-2-4-7-18)8-5-9-21(22)19(17)10-11-23-12-14-24-15-13-23;5-3(6)1-2-4(7)8/h2-9H,10-16H2,1H3;1-2H,(H,5,6)(H,7,8)/b;2-1-. The molecule has 1 aliphatic carbocycles. The largest absolute Gasteiger partial charge is 0.478 e. The maximum Gasteiger partial charge on any atom is 0.328 e. The second-order valence-electron chi connectivity index (χ2n) is 7.85. The van der Waals surface area contributed by atoms with Gasteiger partial charge in [0.2, 0.25) is 0 Å². The van der Waals surface area contributed by atoms with Crippen LogP contribution >= 0.6 is 0 Å². The molecule has 0 saturated carbocycles. The predicted molar refractivity (Wildman–Crippen MR) is 124 cm³/mol. The van der Waals surface area contributed by atoms with Gasteiger partial charge in [0.25, 0.3) is 0 Å². The molecule has 0 radical (unpaired) electrons. The van der Waals surface area contributed by atoms with Crippen molar-refractivity contribution in [1.82, 2.24) is 4.90 Å². The van der Waals surface area contributed by atoms with E-state index in [1.165, 1.54) is 22.3 Å². The number of morpholine rings is 1. The molecule has 1 aliphatic heterocycles. The molecule has 0 unspecified atom stereocenters. The SMILES string of the molecule is CC1=C(CCN2CCOCC2)c2cccc(-c3ccccc3)c2C1.O=C(O)/C=C\C(=O)O. The number of carboxylic acid groups (broad SMARTS) is 2. The van der Waals surface area contributed by atoms with Crippen LogP contribution < -0.4 is 0 Å². The van der Waals surface area contributed by atoms with Gasteiger partial charge in [0.05, 0.1) is 13.2 Å². The fraction of sp³-hybridized carbons (Fsp3) is 0.308. The first-order chi connectivity index (χ1) is 15.5. The van der Waals surface area contributed by atoms with E-state index in [1.54, 1.807) is 11.1 Å². The van der Waals surface area contributed by atoms with Crippen molar-refractivity contribution in [3.05, 3.63) is 77.4 Å². The first-order valence-electron chi connectivity index (χ1n) is 10.8. The molecule has 6 heteroatoms. The lowest BCUT2D eigenvalue weighted by Crippen LogP contribution is -2.36. The Kier molecular flexibility index (Phi) is 8.36. The molecule has 1 fully saturated rings. The van der Waals surface area contributed by atoms with Gasteiger partial charge < -0.3 is 14.9 Å². The van der Waals surface area contributed by atoms with Crippen LogP contribution in [-0.2, 0) is 20.7 Å². The summed E-state index contributed by atoms with van der Waals surface area (Å²) in [6.45, 7) is 7.36. The summed E-state index contributed by atoms with van der Waals surface area (Å²) in [4.78, 5) is 21.6. The van der Waals surface area contributed by atoms with E-state index in [0.717, 1.165) is 45.7 Å². The smallest absolute Gasteiger partial charge is 0.328 e. The Morgan fingerprint density at radius 1 is 0.938 bits per heavy atom. The first-order valence-corrected chi connectivity index (χ1v) is 10.8. The van der Waals surface area contributed by atoms with Gasteiger partial charge in [-0.25, -0.2) is 9.59 Å². The Bertz CT molecular complexity index is 988. The minimum absolute atomic E-state index is 0.558. The Balaban J connectivity index is 0.000000312. The summed E-state index contributed by atoms with van der Waals surface area (Å²) in [7, 11) is 0. The zero-order valence-corrected chi connectivity index (χ0v) is 18.3. The van der Waals surface area contributed by atoms with E-state index in [9.17, 15) is 9.59 Å². The van der Waals surface area contributed by atoms with E-state index < -0.39 is 11.9 Å². The minimum Gasteiger partial charge on any atom is -0.478 e. The van der Waals surface area contributed by atoms with Crippen LogP contribution in [0.3, 0.4) is 0 Å². The highest BCUT2D eigenvalue weighted by Crippen LogP contribution is 2.40. The molecule has 2 aromatic rings. The third-order valence-electron chi connectivity index (χ3n) is 5.69. The summed E-state index contributed by atoms with van der Waals surface area (Å²) in [6, 6.07) is 17.6. The number of hydrogen-bond acceptors (Lipinski definition) is 4. The van der Waals surface area contributed by atoms with Crippen molar-refractivity contribution < 1.29 is 24.5 Å². The number of carboxylic acids is 2. The lowest BCUT2D eigenvalue weighted by Gasteiger charge is -2.27. The van der Waals surface area contributed by atoms with Gasteiger partial charge in [-0.05, 0) is 47.6 Å². The molecule has 2 aromatic carbocycles. The molecular formula is C26H29NO5. The van der Waals surface area contributed by atoms with Gasteiger partial charge in [-0.15, -0.1) is 0 Å². The number of rotatable bonds is 6. The van der Waals surface area contributed by atoms with Crippen LogP contribution in [0.1, 0.15) is 24.5 Å². The maximum absolute atomic E-state index is 9.55. The summed E-state index contributed by atoms with van der Waals surface area (Å²) >= 11 is 0. The van der Waals surface area contributed by atoms with Crippen LogP contribution in [0, 0.1) is 0 Å². The highest BCUT2D eigenvalue weighted by Gasteiger charge is 2.22. The van der Waals surface area contributed by atoms with E-state index in [2.05, 4.69) is 60.4 Å². The van der Waals surface area contributed by atoms with Crippen LogP contribution in [0.5, 0.6) is 0 Å². The van der Waals surface area contributed by atoms with Crippen molar-refractivity contribution in [3.8, 4) is 11.1 Å². The van der Waals surface area contributed by atoms with Crippen molar-refractivity contribution in [3.63, 3.8) is 0 Å². The maximum atomic E-state index is 9.55. The van der Waals surface area contributed by atoms with Gasteiger partial charge in [-0.1, -0.05) is 54.1 Å².